The highest BCUT2D eigenvalue weighted by Gasteiger charge is 2.05. The van der Waals surface area contributed by atoms with Crippen LogP contribution >= 0.6 is 15.9 Å². The van der Waals surface area contributed by atoms with Crippen molar-refractivity contribution in [3.05, 3.63) is 34.9 Å². The molecular formula is C11H12BrN. The van der Waals surface area contributed by atoms with Gasteiger partial charge in [0.25, 0.3) is 0 Å². The highest BCUT2D eigenvalue weighted by atomic mass is 79.9. The summed E-state index contributed by atoms with van der Waals surface area (Å²) in [6.07, 6.45) is 2.14. The van der Waals surface area contributed by atoms with Crippen LogP contribution in [0.2, 0.25) is 0 Å². The van der Waals surface area contributed by atoms with Gasteiger partial charge in [-0.15, -0.1) is 0 Å². The van der Waals surface area contributed by atoms with Crippen LogP contribution in [0.3, 0.4) is 0 Å². The first-order chi connectivity index (χ1) is 6.20. The number of para-hydroxylation sites is 1. The van der Waals surface area contributed by atoms with Crippen molar-refractivity contribution in [1.29, 1.82) is 0 Å². The quantitative estimate of drug-likeness (QED) is 0.708. The van der Waals surface area contributed by atoms with Crippen LogP contribution < -0.4 is 0 Å². The van der Waals surface area contributed by atoms with E-state index in [1.165, 1.54) is 15.4 Å². The van der Waals surface area contributed by atoms with Gasteiger partial charge in [0.2, 0.25) is 0 Å². The fourth-order valence-electron chi connectivity index (χ4n) is 1.60. The van der Waals surface area contributed by atoms with Gasteiger partial charge in [-0.05, 0) is 41.9 Å². The minimum Gasteiger partial charge on any atom is -0.344 e. The predicted molar refractivity (Wildman–Crippen MR) is 60.0 cm³/mol. The van der Waals surface area contributed by atoms with E-state index in [0.29, 0.717) is 6.04 Å². The fourth-order valence-corrected chi connectivity index (χ4v) is 2.19. The number of fused-ring (bicyclic) bond motifs is 1. The molecule has 1 nitrogen and oxygen atoms in total. The molecule has 0 radical (unpaired) electrons. The Morgan fingerprint density at radius 1 is 1.23 bits per heavy atom. The van der Waals surface area contributed by atoms with Gasteiger partial charge in [-0.3, -0.25) is 0 Å². The van der Waals surface area contributed by atoms with Crippen molar-refractivity contribution < 1.29 is 0 Å². The molecule has 0 saturated heterocycles. The van der Waals surface area contributed by atoms with Gasteiger partial charge in [0.05, 0.1) is 5.52 Å². The normalized spacial score (nSPS) is 11.4. The predicted octanol–water partition coefficient (Wildman–Crippen LogP) is 3.98. The van der Waals surface area contributed by atoms with Gasteiger partial charge in [-0.25, -0.2) is 0 Å². The minimum atomic E-state index is 0.510. The van der Waals surface area contributed by atoms with Crippen LogP contribution in [-0.2, 0) is 0 Å². The van der Waals surface area contributed by atoms with Crippen molar-refractivity contribution in [3.8, 4) is 0 Å². The van der Waals surface area contributed by atoms with Crippen LogP contribution in [-0.4, -0.2) is 4.57 Å². The second-order valence-corrected chi connectivity index (χ2v) is 4.35. The molecule has 0 aliphatic rings. The van der Waals surface area contributed by atoms with Crippen molar-refractivity contribution >= 4 is 26.8 Å². The lowest BCUT2D eigenvalue weighted by Crippen LogP contribution is -1.98. The second-order valence-electron chi connectivity index (χ2n) is 3.49. The zero-order valence-corrected chi connectivity index (χ0v) is 9.38. The molecule has 68 valence electrons. The third-order valence-electron chi connectivity index (χ3n) is 2.25. The Morgan fingerprint density at radius 2 is 2.00 bits per heavy atom. The first-order valence-electron chi connectivity index (χ1n) is 4.45. The summed E-state index contributed by atoms with van der Waals surface area (Å²) in [6.45, 7) is 4.39. The van der Waals surface area contributed by atoms with E-state index in [1.807, 2.05) is 0 Å². The lowest BCUT2D eigenvalue weighted by molar-refractivity contribution is 0.622. The molecule has 1 aromatic heterocycles. The molecule has 0 aliphatic carbocycles. The lowest BCUT2D eigenvalue weighted by Gasteiger charge is -2.10. The number of halogens is 1. The van der Waals surface area contributed by atoms with Gasteiger partial charge in [0, 0.05) is 22.1 Å². The van der Waals surface area contributed by atoms with Crippen LogP contribution in [0.5, 0.6) is 0 Å². The van der Waals surface area contributed by atoms with Crippen molar-refractivity contribution in [2.24, 2.45) is 0 Å². The molecule has 0 amide bonds. The topological polar surface area (TPSA) is 4.93 Å². The van der Waals surface area contributed by atoms with Gasteiger partial charge in [-0.1, -0.05) is 12.1 Å². The zero-order chi connectivity index (χ0) is 9.42. The number of aromatic nitrogens is 1. The van der Waals surface area contributed by atoms with Gasteiger partial charge >= 0.3 is 0 Å². The number of nitrogens with zero attached hydrogens (tertiary/aromatic N) is 1. The van der Waals surface area contributed by atoms with Crippen LogP contribution in [0.15, 0.2) is 34.9 Å². The number of hydrogen-bond acceptors (Lipinski definition) is 0. The van der Waals surface area contributed by atoms with E-state index >= 15 is 0 Å². The Labute approximate surface area is 86.5 Å². The molecular weight excluding hydrogens is 226 g/mol. The summed E-state index contributed by atoms with van der Waals surface area (Å²) in [5.41, 5.74) is 1.29. The van der Waals surface area contributed by atoms with Crippen LogP contribution in [0, 0.1) is 0 Å². The average Bonchev–Trinajstić information content (AvgIpc) is 2.49. The minimum absolute atomic E-state index is 0.510. The van der Waals surface area contributed by atoms with Gasteiger partial charge in [0.15, 0.2) is 0 Å². The number of rotatable bonds is 1. The molecule has 0 bridgehead atoms. The molecule has 0 N–H and O–H groups in total. The summed E-state index contributed by atoms with van der Waals surface area (Å²) in [5, 5.41) is 1.29. The van der Waals surface area contributed by atoms with Crippen LogP contribution in [0.25, 0.3) is 10.9 Å². The average molecular weight is 238 g/mol. The van der Waals surface area contributed by atoms with E-state index in [0.717, 1.165) is 0 Å². The van der Waals surface area contributed by atoms with E-state index in [2.05, 4.69) is 64.8 Å². The van der Waals surface area contributed by atoms with Gasteiger partial charge < -0.3 is 4.57 Å². The Hall–Kier alpha value is -0.760. The van der Waals surface area contributed by atoms with E-state index in [4.69, 9.17) is 0 Å². The van der Waals surface area contributed by atoms with Gasteiger partial charge in [-0.2, -0.15) is 0 Å². The summed E-state index contributed by atoms with van der Waals surface area (Å²) in [5.74, 6) is 0. The standard InChI is InChI=1S/C11H12BrN/c1-8(2)13-7-6-9-4-3-5-10(12)11(9)13/h3-8H,1-2H3. The van der Waals surface area contributed by atoms with Crippen LogP contribution in [0.1, 0.15) is 19.9 Å². The SMILES string of the molecule is CC(C)n1ccc2cccc(Br)c21. The number of benzene rings is 1. The molecule has 2 aromatic rings. The third-order valence-corrected chi connectivity index (χ3v) is 2.89. The fraction of sp³-hybridized carbons (Fsp3) is 0.273. The highest BCUT2D eigenvalue weighted by molar-refractivity contribution is 9.10. The molecule has 0 aliphatic heterocycles. The maximum atomic E-state index is 3.57. The molecule has 13 heavy (non-hydrogen) atoms. The third kappa shape index (κ3) is 1.39. The molecule has 2 heteroatoms. The van der Waals surface area contributed by atoms with Crippen molar-refractivity contribution in [2.75, 3.05) is 0 Å². The molecule has 1 aromatic carbocycles. The molecule has 0 fully saturated rings. The molecule has 2 rings (SSSR count). The van der Waals surface area contributed by atoms with Crippen molar-refractivity contribution in [3.63, 3.8) is 0 Å². The molecule has 1 heterocycles. The summed E-state index contributed by atoms with van der Waals surface area (Å²) < 4.78 is 3.45. The Balaban J connectivity index is 2.79. The summed E-state index contributed by atoms with van der Waals surface area (Å²) in [6, 6.07) is 8.95. The first kappa shape index (κ1) is 8.82. The Bertz CT molecular complexity index is 429. The summed E-state index contributed by atoms with van der Waals surface area (Å²) in [4.78, 5) is 0. The smallest absolute Gasteiger partial charge is 0.0627 e. The maximum absolute atomic E-state index is 3.57. The monoisotopic (exact) mass is 237 g/mol. The van der Waals surface area contributed by atoms with E-state index in [1.54, 1.807) is 0 Å². The number of hydrogen-bond donors (Lipinski definition) is 0. The van der Waals surface area contributed by atoms with E-state index in [-0.39, 0.29) is 0 Å². The zero-order valence-electron chi connectivity index (χ0n) is 7.79. The molecule has 0 unspecified atom stereocenters. The molecule has 0 atom stereocenters. The largest absolute Gasteiger partial charge is 0.344 e. The second kappa shape index (κ2) is 3.18. The summed E-state index contributed by atoms with van der Waals surface area (Å²) in [7, 11) is 0. The highest BCUT2D eigenvalue weighted by Crippen LogP contribution is 2.27. The van der Waals surface area contributed by atoms with Crippen molar-refractivity contribution in [2.45, 2.75) is 19.9 Å². The van der Waals surface area contributed by atoms with E-state index < -0.39 is 0 Å². The van der Waals surface area contributed by atoms with Crippen LogP contribution in [0.4, 0.5) is 0 Å². The van der Waals surface area contributed by atoms with Crippen molar-refractivity contribution in [1.82, 2.24) is 4.57 Å². The lowest BCUT2D eigenvalue weighted by atomic mass is 10.2. The summed E-state index contributed by atoms with van der Waals surface area (Å²) >= 11 is 3.57. The Kier molecular flexibility index (Phi) is 2.16. The first-order valence-corrected chi connectivity index (χ1v) is 5.24. The van der Waals surface area contributed by atoms with E-state index in [9.17, 15) is 0 Å². The maximum Gasteiger partial charge on any atom is 0.0627 e. The molecule has 0 saturated carbocycles. The Morgan fingerprint density at radius 3 is 2.69 bits per heavy atom. The molecule has 0 spiro atoms. The van der Waals surface area contributed by atoms with Gasteiger partial charge in [0.1, 0.15) is 0 Å².